The summed E-state index contributed by atoms with van der Waals surface area (Å²) in [5, 5.41) is 0. The Balaban J connectivity index is 1.68. The smallest absolute Gasteiger partial charge is 0.226 e. The highest BCUT2D eigenvalue weighted by atomic mass is 16.2. The molecule has 0 atom stereocenters. The van der Waals surface area contributed by atoms with E-state index in [4.69, 9.17) is 0 Å². The van der Waals surface area contributed by atoms with Crippen LogP contribution in [0.3, 0.4) is 0 Å². The zero-order chi connectivity index (χ0) is 13.1. The molecule has 102 valence electrons. The molecule has 0 unspecified atom stereocenters. The molecule has 0 bridgehead atoms. The standard InChI is InChI=1S/C17H23NO/c19-17(15-9-5-2-6-10-15)18(16-11-12-16)13-14-7-3-1-4-8-14/h1,3-4,7-8,15-16H,2,5-6,9-13H2. The number of rotatable bonds is 4. The van der Waals surface area contributed by atoms with Crippen LogP contribution < -0.4 is 0 Å². The van der Waals surface area contributed by atoms with Crippen molar-refractivity contribution in [2.75, 3.05) is 0 Å². The number of amides is 1. The average Bonchev–Trinajstić information content (AvgIpc) is 3.31. The molecule has 0 radical (unpaired) electrons. The van der Waals surface area contributed by atoms with Crippen molar-refractivity contribution in [3.63, 3.8) is 0 Å². The van der Waals surface area contributed by atoms with E-state index >= 15 is 0 Å². The summed E-state index contributed by atoms with van der Waals surface area (Å²) in [6, 6.07) is 10.9. The third kappa shape index (κ3) is 3.17. The molecule has 19 heavy (non-hydrogen) atoms. The van der Waals surface area contributed by atoms with Crippen molar-refractivity contribution in [3.8, 4) is 0 Å². The fourth-order valence-corrected chi connectivity index (χ4v) is 3.14. The Morgan fingerprint density at radius 2 is 1.68 bits per heavy atom. The largest absolute Gasteiger partial charge is 0.335 e. The molecular weight excluding hydrogens is 234 g/mol. The molecule has 2 saturated carbocycles. The van der Waals surface area contributed by atoms with Gasteiger partial charge in [0.1, 0.15) is 0 Å². The van der Waals surface area contributed by atoms with E-state index in [0.717, 1.165) is 19.4 Å². The van der Waals surface area contributed by atoms with Gasteiger partial charge in [-0.1, -0.05) is 49.6 Å². The van der Waals surface area contributed by atoms with Gasteiger partial charge in [0.2, 0.25) is 5.91 Å². The molecule has 1 aromatic rings. The first-order valence-corrected chi connectivity index (χ1v) is 7.69. The highest BCUT2D eigenvalue weighted by Crippen LogP contribution is 2.33. The molecule has 0 aromatic heterocycles. The Kier molecular flexibility index (Phi) is 3.86. The van der Waals surface area contributed by atoms with Crippen LogP contribution in [0.5, 0.6) is 0 Å². The quantitative estimate of drug-likeness (QED) is 0.804. The van der Waals surface area contributed by atoms with Crippen LogP contribution in [-0.2, 0) is 11.3 Å². The lowest BCUT2D eigenvalue weighted by molar-refractivity contribution is -0.137. The summed E-state index contributed by atoms with van der Waals surface area (Å²) in [4.78, 5) is 14.9. The van der Waals surface area contributed by atoms with Gasteiger partial charge in [-0.2, -0.15) is 0 Å². The molecule has 3 rings (SSSR count). The highest BCUT2D eigenvalue weighted by Gasteiger charge is 2.35. The SMILES string of the molecule is O=C(C1CCCCC1)N(Cc1ccccc1)C1CC1. The summed E-state index contributed by atoms with van der Waals surface area (Å²) >= 11 is 0. The second kappa shape index (κ2) is 5.77. The predicted octanol–water partition coefficient (Wildman–Crippen LogP) is 3.76. The second-order valence-corrected chi connectivity index (χ2v) is 6.02. The first-order valence-electron chi connectivity index (χ1n) is 7.69. The minimum absolute atomic E-state index is 0.304. The third-order valence-electron chi connectivity index (χ3n) is 4.42. The molecule has 0 spiro atoms. The monoisotopic (exact) mass is 257 g/mol. The van der Waals surface area contributed by atoms with Crippen LogP contribution in [0.15, 0.2) is 30.3 Å². The van der Waals surface area contributed by atoms with Gasteiger partial charge in [-0.25, -0.2) is 0 Å². The topological polar surface area (TPSA) is 20.3 Å². The van der Waals surface area contributed by atoms with E-state index < -0.39 is 0 Å². The molecule has 0 saturated heterocycles. The van der Waals surface area contributed by atoms with E-state index in [1.165, 1.54) is 37.7 Å². The van der Waals surface area contributed by atoms with Gasteiger partial charge in [0.05, 0.1) is 0 Å². The first kappa shape index (κ1) is 12.7. The normalized spacial score (nSPS) is 20.2. The second-order valence-electron chi connectivity index (χ2n) is 6.02. The number of carbonyl (C=O) groups is 1. The highest BCUT2D eigenvalue weighted by molar-refractivity contribution is 5.79. The van der Waals surface area contributed by atoms with Crippen molar-refractivity contribution < 1.29 is 4.79 Å². The maximum Gasteiger partial charge on any atom is 0.226 e. The van der Waals surface area contributed by atoms with Crippen LogP contribution in [0.1, 0.15) is 50.5 Å². The average molecular weight is 257 g/mol. The lowest BCUT2D eigenvalue weighted by atomic mass is 9.88. The molecule has 2 nitrogen and oxygen atoms in total. The van der Waals surface area contributed by atoms with Crippen molar-refractivity contribution in [1.82, 2.24) is 4.90 Å². The maximum atomic E-state index is 12.7. The van der Waals surface area contributed by atoms with Crippen LogP contribution in [0, 0.1) is 5.92 Å². The first-order chi connectivity index (χ1) is 9.34. The Bertz CT molecular complexity index is 418. The van der Waals surface area contributed by atoms with Crippen LogP contribution in [0.4, 0.5) is 0 Å². The molecule has 0 heterocycles. The predicted molar refractivity (Wildman–Crippen MR) is 76.6 cm³/mol. The molecular formula is C17H23NO. The van der Waals surface area contributed by atoms with Crippen LogP contribution >= 0.6 is 0 Å². The molecule has 0 N–H and O–H groups in total. The molecule has 2 aliphatic rings. The number of carbonyl (C=O) groups excluding carboxylic acids is 1. The van der Waals surface area contributed by atoms with E-state index in [0.29, 0.717) is 17.9 Å². The van der Waals surface area contributed by atoms with Gasteiger partial charge in [-0.3, -0.25) is 4.79 Å². The molecule has 2 fully saturated rings. The summed E-state index contributed by atoms with van der Waals surface area (Å²) in [7, 11) is 0. The fraction of sp³-hybridized carbons (Fsp3) is 0.588. The number of benzene rings is 1. The summed E-state index contributed by atoms with van der Waals surface area (Å²) < 4.78 is 0. The van der Waals surface area contributed by atoms with Gasteiger partial charge < -0.3 is 4.90 Å². The van der Waals surface area contributed by atoms with E-state index in [1.807, 2.05) is 6.07 Å². The Hall–Kier alpha value is -1.31. The zero-order valence-corrected chi connectivity index (χ0v) is 11.6. The van der Waals surface area contributed by atoms with E-state index in [9.17, 15) is 4.79 Å². The van der Waals surface area contributed by atoms with Crippen molar-refractivity contribution in [2.24, 2.45) is 5.92 Å². The van der Waals surface area contributed by atoms with E-state index in [2.05, 4.69) is 29.2 Å². The summed E-state index contributed by atoms with van der Waals surface area (Å²) in [6.07, 6.45) is 8.40. The molecule has 1 aromatic carbocycles. The van der Waals surface area contributed by atoms with Gasteiger partial charge in [-0.15, -0.1) is 0 Å². The maximum absolute atomic E-state index is 12.7. The Morgan fingerprint density at radius 3 is 2.32 bits per heavy atom. The zero-order valence-electron chi connectivity index (χ0n) is 11.6. The summed E-state index contributed by atoms with van der Waals surface area (Å²) in [6.45, 7) is 0.806. The molecule has 1 amide bonds. The number of hydrogen-bond acceptors (Lipinski definition) is 1. The van der Waals surface area contributed by atoms with Crippen LogP contribution in [-0.4, -0.2) is 16.8 Å². The Morgan fingerprint density at radius 1 is 1.00 bits per heavy atom. The minimum atomic E-state index is 0.304. The van der Waals surface area contributed by atoms with Gasteiger partial charge in [-0.05, 0) is 31.2 Å². The van der Waals surface area contributed by atoms with Crippen molar-refractivity contribution in [1.29, 1.82) is 0 Å². The number of hydrogen-bond donors (Lipinski definition) is 0. The van der Waals surface area contributed by atoms with Crippen LogP contribution in [0.25, 0.3) is 0 Å². The van der Waals surface area contributed by atoms with Gasteiger partial charge in [0.15, 0.2) is 0 Å². The van der Waals surface area contributed by atoms with Gasteiger partial charge >= 0.3 is 0 Å². The van der Waals surface area contributed by atoms with E-state index in [1.54, 1.807) is 0 Å². The van der Waals surface area contributed by atoms with Crippen molar-refractivity contribution in [3.05, 3.63) is 35.9 Å². The van der Waals surface area contributed by atoms with Gasteiger partial charge in [0, 0.05) is 18.5 Å². The Labute approximate surface area is 115 Å². The molecule has 0 aliphatic heterocycles. The molecule has 2 aliphatic carbocycles. The van der Waals surface area contributed by atoms with Crippen molar-refractivity contribution >= 4 is 5.91 Å². The minimum Gasteiger partial charge on any atom is -0.335 e. The molecule has 2 heteroatoms. The third-order valence-corrected chi connectivity index (χ3v) is 4.42. The number of nitrogens with zero attached hydrogens (tertiary/aromatic N) is 1. The lowest BCUT2D eigenvalue weighted by Gasteiger charge is -2.29. The lowest BCUT2D eigenvalue weighted by Crippen LogP contribution is -2.38. The van der Waals surface area contributed by atoms with E-state index in [-0.39, 0.29) is 0 Å². The summed E-state index contributed by atoms with van der Waals surface area (Å²) in [5.74, 6) is 0.726. The summed E-state index contributed by atoms with van der Waals surface area (Å²) in [5.41, 5.74) is 1.26. The fourth-order valence-electron chi connectivity index (χ4n) is 3.14. The van der Waals surface area contributed by atoms with Crippen LogP contribution in [0.2, 0.25) is 0 Å². The van der Waals surface area contributed by atoms with Crippen molar-refractivity contribution in [2.45, 2.75) is 57.5 Å². The van der Waals surface area contributed by atoms with Gasteiger partial charge in [0.25, 0.3) is 0 Å².